The van der Waals surface area contributed by atoms with E-state index in [0.29, 0.717) is 0 Å². The molecule has 0 radical (unpaired) electrons. The number of nitrogens with zero attached hydrogens (tertiary/aromatic N) is 2. The minimum Gasteiger partial charge on any atom is -0.458 e. The van der Waals surface area contributed by atoms with E-state index < -0.39 is 0 Å². The summed E-state index contributed by atoms with van der Waals surface area (Å²) in [6.45, 7) is 1.91. The Morgan fingerprint density at radius 2 is 0.710 bits per heavy atom. The lowest BCUT2D eigenvalue weighted by atomic mass is 9.34. The van der Waals surface area contributed by atoms with E-state index in [-0.39, 0.29) is 6.71 Å². The minimum absolute atomic E-state index is 0.173. The third-order valence-electron chi connectivity index (χ3n) is 12.3. The summed E-state index contributed by atoms with van der Waals surface area (Å²) in [4.78, 5) is 4.50. The van der Waals surface area contributed by atoms with E-state index in [2.05, 4.69) is 187 Å². The number of aryl methyl sites for hydroxylation is 1. The van der Waals surface area contributed by atoms with Crippen LogP contribution in [0.2, 0.25) is 0 Å². The van der Waals surface area contributed by atoms with Gasteiger partial charge in [-0.25, -0.2) is 0 Å². The third-order valence-corrected chi connectivity index (χ3v) is 12.3. The molecule has 9 aromatic carbocycles. The van der Waals surface area contributed by atoms with Crippen molar-refractivity contribution in [1.29, 1.82) is 0 Å². The lowest BCUT2D eigenvalue weighted by molar-refractivity contribution is 0.464. The van der Waals surface area contributed by atoms with Gasteiger partial charge < -0.3 is 28.1 Å². The number of furan rings is 2. The van der Waals surface area contributed by atoms with Gasteiger partial charge in [0.25, 0.3) is 6.71 Å². The number of fused-ring (bicyclic) bond motifs is 10. The van der Waals surface area contributed by atoms with Crippen LogP contribution in [0.3, 0.4) is 0 Å². The molecule has 0 atom stereocenters. The molecule has 0 aliphatic carbocycles. The van der Waals surface area contributed by atoms with Crippen LogP contribution < -0.4 is 35.7 Å². The van der Waals surface area contributed by atoms with E-state index in [0.717, 1.165) is 123 Å². The first kappa shape index (κ1) is 34.7. The molecule has 62 heavy (non-hydrogen) atoms. The molecule has 11 aromatic rings. The predicted octanol–water partition coefficient (Wildman–Crippen LogP) is 13.5. The maximum absolute atomic E-state index is 6.81. The molecule has 0 N–H and O–H groups in total. The Balaban J connectivity index is 0.951. The Kier molecular flexibility index (Phi) is 7.51. The van der Waals surface area contributed by atoms with Gasteiger partial charge in [-0.1, -0.05) is 72.8 Å². The summed E-state index contributed by atoms with van der Waals surface area (Å²) in [5, 5.41) is 4.06. The molecule has 0 amide bonds. The topological polar surface area (TPSA) is 51.2 Å². The zero-order valence-corrected chi connectivity index (χ0v) is 33.6. The second-order valence-electron chi connectivity index (χ2n) is 16.2. The van der Waals surface area contributed by atoms with Crippen molar-refractivity contribution >= 4 is 101 Å². The SMILES string of the molecule is Cc1cc2c3c(c1)Oc1cc4c(cc1B3c1cc3oc5cc(N(c6ccccc6)c6ccccc6)ccc5c3cc1O2)oc1cc(N(c2ccccc2)c2ccccc2)ccc14. The Hall–Kier alpha value is -8.16. The second kappa shape index (κ2) is 13.4. The summed E-state index contributed by atoms with van der Waals surface area (Å²) in [5.74, 6) is 3.21. The number of rotatable bonds is 6. The summed E-state index contributed by atoms with van der Waals surface area (Å²) < 4.78 is 27.2. The van der Waals surface area contributed by atoms with Crippen molar-refractivity contribution in [2.75, 3.05) is 9.80 Å². The van der Waals surface area contributed by atoms with Gasteiger partial charge in [0.15, 0.2) is 0 Å². The molecule has 6 nitrogen and oxygen atoms in total. The number of benzene rings is 9. The average molecular weight is 799 g/mol. The molecule has 13 rings (SSSR count). The van der Waals surface area contributed by atoms with E-state index in [9.17, 15) is 0 Å². The van der Waals surface area contributed by atoms with Crippen molar-refractivity contribution in [2.45, 2.75) is 6.92 Å². The molecule has 0 saturated carbocycles. The van der Waals surface area contributed by atoms with Crippen LogP contribution in [0.15, 0.2) is 203 Å². The van der Waals surface area contributed by atoms with Crippen LogP contribution in [0.4, 0.5) is 34.1 Å². The van der Waals surface area contributed by atoms with E-state index in [1.165, 1.54) is 0 Å². The van der Waals surface area contributed by atoms with Crippen LogP contribution in [0.5, 0.6) is 23.0 Å². The monoisotopic (exact) mass is 798 g/mol. The molecule has 0 saturated heterocycles. The normalized spacial score (nSPS) is 12.5. The van der Waals surface area contributed by atoms with Crippen molar-refractivity contribution in [2.24, 2.45) is 0 Å². The molecule has 0 spiro atoms. The van der Waals surface area contributed by atoms with Crippen LogP contribution >= 0.6 is 0 Å². The van der Waals surface area contributed by atoms with Crippen LogP contribution in [-0.2, 0) is 0 Å². The Labute approximate surface area is 357 Å². The van der Waals surface area contributed by atoms with Crippen molar-refractivity contribution in [1.82, 2.24) is 0 Å². The molecule has 4 heterocycles. The highest BCUT2D eigenvalue weighted by molar-refractivity contribution is 6.98. The highest BCUT2D eigenvalue weighted by atomic mass is 16.5. The molecule has 292 valence electrons. The maximum atomic E-state index is 6.81. The summed E-state index contributed by atoms with van der Waals surface area (Å²) in [5.41, 5.74) is 13.6. The maximum Gasteiger partial charge on any atom is 0.261 e. The third kappa shape index (κ3) is 5.38. The summed E-state index contributed by atoms with van der Waals surface area (Å²) >= 11 is 0. The van der Waals surface area contributed by atoms with Crippen LogP contribution in [0.1, 0.15) is 5.56 Å². The number of para-hydroxylation sites is 4. The molecule has 0 fully saturated rings. The van der Waals surface area contributed by atoms with Gasteiger partial charge in [-0.05, 0) is 133 Å². The molecule has 7 heteroatoms. The molecule has 2 aromatic heterocycles. The van der Waals surface area contributed by atoms with Crippen molar-refractivity contribution < 1.29 is 18.3 Å². The summed E-state index contributed by atoms with van der Waals surface area (Å²) in [7, 11) is 0. The fourth-order valence-electron chi connectivity index (χ4n) is 9.62. The van der Waals surface area contributed by atoms with Crippen molar-refractivity contribution in [3.05, 3.63) is 200 Å². The Bertz CT molecular complexity index is 3240. The van der Waals surface area contributed by atoms with Gasteiger partial charge >= 0.3 is 0 Å². The minimum atomic E-state index is -0.173. The van der Waals surface area contributed by atoms with Gasteiger partial charge in [0, 0.05) is 73.3 Å². The number of hydrogen-bond donors (Lipinski definition) is 0. The molecule has 2 aliphatic rings. The van der Waals surface area contributed by atoms with Crippen LogP contribution in [0, 0.1) is 6.92 Å². The van der Waals surface area contributed by atoms with Gasteiger partial charge in [0.2, 0.25) is 0 Å². The zero-order chi connectivity index (χ0) is 40.9. The van der Waals surface area contributed by atoms with E-state index in [4.69, 9.17) is 18.3 Å². The molecule has 0 bridgehead atoms. The first-order valence-electron chi connectivity index (χ1n) is 20.9. The Morgan fingerprint density at radius 1 is 0.339 bits per heavy atom. The molecule has 2 aliphatic heterocycles. The molecular weight excluding hydrogens is 763 g/mol. The first-order chi connectivity index (χ1) is 30.6. The fourth-order valence-corrected chi connectivity index (χ4v) is 9.62. The number of hydrogen-bond acceptors (Lipinski definition) is 6. The van der Waals surface area contributed by atoms with Gasteiger partial charge in [-0.2, -0.15) is 0 Å². The largest absolute Gasteiger partial charge is 0.458 e. The summed E-state index contributed by atoms with van der Waals surface area (Å²) in [6.07, 6.45) is 0. The Morgan fingerprint density at radius 3 is 1.10 bits per heavy atom. The van der Waals surface area contributed by atoms with Gasteiger partial charge in [-0.3, -0.25) is 0 Å². The molecular formula is C55H35BN2O4. The van der Waals surface area contributed by atoms with E-state index in [1.54, 1.807) is 0 Å². The van der Waals surface area contributed by atoms with Gasteiger partial charge in [-0.15, -0.1) is 0 Å². The lowest BCUT2D eigenvalue weighted by Gasteiger charge is -2.33. The standard InChI is InChI=1S/C55H35BN2O4/c1-34-26-53-55-54(27-34)62-52-31-44-42-25-23-40(58(37-18-10-4-11-19-37)38-20-12-5-13-21-38)29-48(42)60-50(44)33-46(52)56(55)45-32-49-43(30-51(45)61-53)41-24-22-39(28-47(41)59-49)57(35-14-6-2-7-15-35)36-16-8-3-9-17-36/h2-33H,1H3. The van der Waals surface area contributed by atoms with E-state index >= 15 is 0 Å². The van der Waals surface area contributed by atoms with Crippen molar-refractivity contribution in [3.8, 4) is 23.0 Å². The number of anilines is 6. The molecule has 0 unspecified atom stereocenters. The second-order valence-corrected chi connectivity index (χ2v) is 16.2. The number of ether oxygens (including phenoxy) is 2. The highest BCUT2D eigenvalue weighted by Crippen LogP contribution is 2.44. The smallest absolute Gasteiger partial charge is 0.261 e. The zero-order valence-electron chi connectivity index (χ0n) is 33.6. The van der Waals surface area contributed by atoms with Crippen LogP contribution in [0.25, 0.3) is 43.9 Å². The predicted molar refractivity (Wildman–Crippen MR) is 253 cm³/mol. The average Bonchev–Trinajstić information content (AvgIpc) is 3.85. The fraction of sp³-hybridized carbons (Fsp3) is 0.0182. The van der Waals surface area contributed by atoms with Crippen LogP contribution in [-0.4, -0.2) is 6.71 Å². The lowest BCUT2D eigenvalue weighted by Crippen LogP contribution is -2.57. The van der Waals surface area contributed by atoms with Gasteiger partial charge in [0.1, 0.15) is 45.3 Å². The summed E-state index contributed by atoms with van der Waals surface area (Å²) in [6, 6.07) is 67.5. The van der Waals surface area contributed by atoms with Crippen molar-refractivity contribution in [3.63, 3.8) is 0 Å². The quantitative estimate of drug-likeness (QED) is 0.156. The van der Waals surface area contributed by atoms with Gasteiger partial charge in [0.05, 0.1) is 0 Å². The first-order valence-corrected chi connectivity index (χ1v) is 20.9. The van der Waals surface area contributed by atoms with E-state index in [1.807, 2.05) is 24.3 Å². The highest BCUT2D eigenvalue weighted by Gasteiger charge is 2.41.